The molecule has 0 aromatic heterocycles. The van der Waals surface area contributed by atoms with Gasteiger partial charge in [0, 0.05) is 5.33 Å². The zero-order valence-corrected chi connectivity index (χ0v) is 19.4. The summed E-state index contributed by atoms with van der Waals surface area (Å²) in [7, 11) is -2.46. The number of esters is 1. The highest BCUT2D eigenvalue weighted by atomic mass is 79.9. The molecule has 1 fully saturated rings. The zero-order valence-electron chi connectivity index (χ0n) is 17.0. The van der Waals surface area contributed by atoms with Crippen molar-refractivity contribution in [3.05, 3.63) is 28.8 Å². The summed E-state index contributed by atoms with van der Waals surface area (Å²) in [5.74, 6) is -0.333. The smallest absolute Gasteiger partial charge is 0.317 e. The lowest BCUT2D eigenvalue weighted by Gasteiger charge is -2.26. The van der Waals surface area contributed by atoms with Crippen molar-refractivity contribution in [2.45, 2.75) is 64.2 Å². The highest BCUT2D eigenvalue weighted by Gasteiger charge is 2.47. The van der Waals surface area contributed by atoms with Crippen molar-refractivity contribution in [1.29, 1.82) is 0 Å². The molecule has 1 unspecified atom stereocenters. The van der Waals surface area contributed by atoms with E-state index < -0.39 is 15.4 Å². The second-order valence-electron chi connectivity index (χ2n) is 7.45. The SMILES string of the molecule is COC(=O)C1(CCCCBr)CCC/C1=N\NS(=O)(=O)c1c(C)cc(C)cc1C. The van der Waals surface area contributed by atoms with Crippen LogP contribution in [0.1, 0.15) is 55.2 Å². The number of benzene rings is 1. The molecule has 1 aliphatic rings. The summed E-state index contributed by atoms with van der Waals surface area (Å²) in [6.45, 7) is 5.48. The van der Waals surface area contributed by atoms with Crippen molar-refractivity contribution in [1.82, 2.24) is 4.83 Å². The van der Waals surface area contributed by atoms with Gasteiger partial charge >= 0.3 is 5.97 Å². The zero-order chi connectivity index (χ0) is 20.9. The van der Waals surface area contributed by atoms with Gasteiger partial charge in [-0.15, -0.1) is 0 Å². The predicted octanol–water partition coefficient (Wildman–Crippen LogP) is 4.15. The Morgan fingerprint density at radius 3 is 2.46 bits per heavy atom. The molecule has 0 heterocycles. The summed E-state index contributed by atoms with van der Waals surface area (Å²) in [4.78, 5) is 15.2. The summed E-state index contributed by atoms with van der Waals surface area (Å²) in [5.41, 5.74) is 2.09. The lowest BCUT2D eigenvalue weighted by molar-refractivity contribution is -0.148. The Kier molecular flexibility index (Phi) is 7.67. The first kappa shape index (κ1) is 22.9. The number of carbonyl (C=O) groups is 1. The molecule has 0 saturated heterocycles. The van der Waals surface area contributed by atoms with Crippen LogP contribution in [0.2, 0.25) is 0 Å². The van der Waals surface area contributed by atoms with Gasteiger partial charge in [0.2, 0.25) is 0 Å². The highest BCUT2D eigenvalue weighted by Crippen LogP contribution is 2.41. The van der Waals surface area contributed by atoms with Crippen LogP contribution in [-0.4, -0.2) is 32.5 Å². The topological polar surface area (TPSA) is 84.8 Å². The highest BCUT2D eigenvalue weighted by molar-refractivity contribution is 9.09. The number of carbonyl (C=O) groups excluding carboxylic acids is 1. The van der Waals surface area contributed by atoms with E-state index in [1.807, 2.05) is 19.1 Å². The van der Waals surface area contributed by atoms with Crippen molar-refractivity contribution < 1.29 is 17.9 Å². The maximum atomic E-state index is 12.9. The Bertz CT molecular complexity index is 844. The van der Waals surface area contributed by atoms with Crippen molar-refractivity contribution in [2.75, 3.05) is 12.4 Å². The number of nitrogens with one attached hydrogen (secondary N) is 1. The average molecular weight is 473 g/mol. The van der Waals surface area contributed by atoms with Gasteiger partial charge < -0.3 is 4.74 Å². The average Bonchev–Trinajstić information content (AvgIpc) is 3.02. The summed E-state index contributed by atoms with van der Waals surface area (Å²) < 4.78 is 30.9. The van der Waals surface area contributed by atoms with Gasteiger partial charge in [0.15, 0.2) is 0 Å². The molecule has 0 bridgehead atoms. The van der Waals surface area contributed by atoms with Gasteiger partial charge in [-0.1, -0.05) is 40.0 Å². The minimum absolute atomic E-state index is 0.239. The van der Waals surface area contributed by atoms with Crippen LogP contribution in [0.3, 0.4) is 0 Å². The molecule has 1 saturated carbocycles. The minimum Gasteiger partial charge on any atom is -0.468 e. The Morgan fingerprint density at radius 2 is 1.89 bits per heavy atom. The molecule has 1 aromatic carbocycles. The van der Waals surface area contributed by atoms with E-state index in [4.69, 9.17) is 4.74 Å². The number of unbranched alkanes of at least 4 members (excludes halogenated alkanes) is 1. The van der Waals surface area contributed by atoms with Crippen LogP contribution in [0, 0.1) is 26.2 Å². The first-order valence-electron chi connectivity index (χ1n) is 9.49. The monoisotopic (exact) mass is 472 g/mol. The first-order valence-corrected chi connectivity index (χ1v) is 12.1. The Labute approximate surface area is 176 Å². The third-order valence-electron chi connectivity index (χ3n) is 5.31. The van der Waals surface area contributed by atoms with E-state index in [1.54, 1.807) is 13.8 Å². The van der Waals surface area contributed by atoms with Crippen LogP contribution in [0.4, 0.5) is 0 Å². The summed E-state index contributed by atoms with van der Waals surface area (Å²) in [6.07, 6.45) is 4.37. The maximum Gasteiger partial charge on any atom is 0.317 e. The van der Waals surface area contributed by atoms with Gasteiger partial charge in [0.05, 0.1) is 17.7 Å². The molecule has 0 amide bonds. The van der Waals surface area contributed by atoms with E-state index in [0.717, 1.165) is 30.2 Å². The van der Waals surface area contributed by atoms with Crippen LogP contribution in [0.15, 0.2) is 22.1 Å². The maximum absolute atomic E-state index is 12.9. The molecular weight excluding hydrogens is 444 g/mol. The van der Waals surface area contributed by atoms with Crippen LogP contribution < -0.4 is 4.83 Å². The number of methoxy groups -OCH3 is 1. The molecular formula is C20H29BrN2O4S. The Balaban J connectivity index is 2.35. The fourth-order valence-corrected chi connectivity index (χ4v) is 5.85. The molecule has 28 heavy (non-hydrogen) atoms. The number of hydrazone groups is 1. The van der Waals surface area contributed by atoms with Gasteiger partial charge in [-0.05, 0) is 64.0 Å². The summed E-state index contributed by atoms with van der Waals surface area (Å²) in [6, 6.07) is 3.67. The standard InChI is InChI=1S/C20H29BrN2O4S/c1-14-12-15(2)18(16(3)13-14)28(25,26)23-22-17-8-7-10-20(17,19(24)27-4)9-5-6-11-21/h12-13,23H,5-11H2,1-4H3/b22-17+. The normalized spacial score (nSPS) is 21.1. The largest absolute Gasteiger partial charge is 0.468 e. The van der Waals surface area contributed by atoms with E-state index in [0.29, 0.717) is 36.1 Å². The molecule has 1 aliphatic carbocycles. The van der Waals surface area contributed by atoms with Gasteiger partial charge in [-0.25, -0.2) is 4.83 Å². The molecule has 1 N–H and O–H groups in total. The number of halogens is 1. The molecule has 1 aromatic rings. The molecule has 0 aliphatic heterocycles. The fourth-order valence-electron chi connectivity index (χ4n) is 4.16. The Hall–Kier alpha value is -1.41. The van der Waals surface area contributed by atoms with E-state index in [1.165, 1.54) is 7.11 Å². The number of nitrogens with zero attached hydrogens (tertiary/aromatic N) is 1. The third kappa shape index (κ3) is 4.76. The molecule has 6 nitrogen and oxygen atoms in total. The molecule has 0 spiro atoms. The van der Waals surface area contributed by atoms with Crippen molar-refractivity contribution in [2.24, 2.45) is 10.5 Å². The minimum atomic E-state index is -3.83. The van der Waals surface area contributed by atoms with Crippen molar-refractivity contribution >= 4 is 37.6 Å². The predicted molar refractivity (Wildman–Crippen MR) is 114 cm³/mol. The molecule has 2 rings (SSSR count). The van der Waals surface area contributed by atoms with E-state index in [-0.39, 0.29) is 10.9 Å². The number of sulfonamides is 1. The van der Waals surface area contributed by atoms with Crippen LogP contribution >= 0.6 is 15.9 Å². The van der Waals surface area contributed by atoms with E-state index in [9.17, 15) is 13.2 Å². The Morgan fingerprint density at radius 1 is 1.25 bits per heavy atom. The fraction of sp³-hybridized carbons (Fsp3) is 0.600. The van der Waals surface area contributed by atoms with Gasteiger partial charge in [-0.3, -0.25) is 4.79 Å². The van der Waals surface area contributed by atoms with Gasteiger partial charge in [0.1, 0.15) is 5.41 Å². The number of alkyl halides is 1. The number of ether oxygens (including phenoxy) is 1. The first-order chi connectivity index (χ1) is 13.2. The lowest BCUT2D eigenvalue weighted by Crippen LogP contribution is -2.38. The van der Waals surface area contributed by atoms with Crippen LogP contribution in [0.25, 0.3) is 0 Å². The number of aryl methyl sites for hydroxylation is 3. The molecule has 1 atom stereocenters. The van der Waals surface area contributed by atoms with Gasteiger partial charge in [0.25, 0.3) is 10.0 Å². The van der Waals surface area contributed by atoms with Crippen molar-refractivity contribution in [3.8, 4) is 0 Å². The van der Waals surface area contributed by atoms with Crippen molar-refractivity contribution in [3.63, 3.8) is 0 Å². The summed E-state index contributed by atoms with van der Waals surface area (Å²) >= 11 is 3.41. The van der Waals surface area contributed by atoms with E-state index >= 15 is 0 Å². The molecule has 8 heteroatoms. The van der Waals surface area contributed by atoms with Crippen LogP contribution in [0.5, 0.6) is 0 Å². The summed E-state index contributed by atoms with van der Waals surface area (Å²) in [5, 5.41) is 5.10. The molecule has 0 radical (unpaired) electrons. The molecule has 156 valence electrons. The lowest BCUT2D eigenvalue weighted by atomic mass is 9.80. The van der Waals surface area contributed by atoms with E-state index in [2.05, 4.69) is 25.9 Å². The quantitative estimate of drug-likeness (QED) is 0.266. The third-order valence-corrected chi connectivity index (χ3v) is 7.38. The number of hydrogen-bond donors (Lipinski definition) is 1. The second-order valence-corrected chi connectivity index (χ2v) is 9.85. The van der Waals surface area contributed by atoms with Crippen LogP contribution in [-0.2, 0) is 19.6 Å². The number of rotatable bonds is 8. The van der Waals surface area contributed by atoms with Gasteiger partial charge in [-0.2, -0.15) is 13.5 Å². The number of hydrogen-bond acceptors (Lipinski definition) is 5. The second kappa shape index (κ2) is 9.39.